The minimum Gasteiger partial charge on any atom is -0.495 e. The molecule has 7 nitrogen and oxygen atoms in total. The van der Waals surface area contributed by atoms with Crippen molar-refractivity contribution in [1.29, 1.82) is 0 Å². The molecule has 1 aliphatic rings. The van der Waals surface area contributed by atoms with Crippen LogP contribution in [-0.2, 0) is 0 Å². The highest BCUT2D eigenvalue weighted by Crippen LogP contribution is 2.44. The van der Waals surface area contributed by atoms with Crippen molar-refractivity contribution in [2.45, 2.75) is 19.0 Å². The largest absolute Gasteiger partial charge is 0.495 e. The lowest BCUT2D eigenvalue weighted by Crippen LogP contribution is -2.29. The van der Waals surface area contributed by atoms with Gasteiger partial charge < -0.3 is 24.5 Å². The SMILES string of the molecule is COc1ccc(N2C(=S)N[C@H](c3ccccn3)[C@@H]2c2ccc(-c3ccc(C(=O)O)cc3C)o2)cc1Cl. The van der Waals surface area contributed by atoms with E-state index in [0.29, 0.717) is 27.4 Å². The Morgan fingerprint density at radius 1 is 1.17 bits per heavy atom. The molecular weight excluding hydrogens is 498 g/mol. The molecule has 0 spiro atoms. The Balaban J connectivity index is 1.59. The van der Waals surface area contributed by atoms with Gasteiger partial charge in [0.2, 0.25) is 0 Å². The van der Waals surface area contributed by atoms with Gasteiger partial charge in [-0.05, 0) is 79.3 Å². The van der Waals surface area contributed by atoms with Crippen molar-refractivity contribution in [2.24, 2.45) is 0 Å². The van der Waals surface area contributed by atoms with Gasteiger partial charge in [0.25, 0.3) is 0 Å². The second kappa shape index (κ2) is 9.64. The van der Waals surface area contributed by atoms with Crippen molar-refractivity contribution < 1.29 is 19.1 Å². The molecule has 0 bridgehead atoms. The number of carboxylic acid groups (broad SMARTS) is 1. The fourth-order valence-electron chi connectivity index (χ4n) is 4.46. The van der Waals surface area contributed by atoms with Crippen LogP contribution in [0.15, 0.2) is 77.3 Å². The van der Waals surface area contributed by atoms with Crippen LogP contribution in [0.25, 0.3) is 11.3 Å². The number of thiocarbonyl (C=S) groups is 1. The number of nitrogens with one attached hydrogen (secondary N) is 1. The molecule has 9 heteroatoms. The molecule has 5 rings (SSSR count). The first-order chi connectivity index (χ1) is 17.4. The number of nitrogens with zero attached hydrogens (tertiary/aromatic N) is 2. The van der Waals surface area contributed by atoms with Crippen LogP contribution in [0.4, 0.5) is 5.69 Å². The Labute approximate surface area is 218 Å². The molecule has 1 saturated heterocycles. The smallest absolute Gasteiger partial charge is 0.335 e. The van der Waals surface area contributed by atoms with Gasteiger partial charge in [-0.1, -0.05) is 23.7 Å². The minimum atomic E-state index is -0.970. The van der Waals surface area contributed by atoms with Gasteiger partial charge >= 0.3 is 5.97 Å². The summed E-state index contributed by atoms with van der Waals surface area (Å²) >= 11 is 12.2. The number of aromatic nitrogens is 1. The second-order valence-corrected chi connectivity index (χ2v) is 9.15. The predicted molar refractivity (Wildman–Crippen MR) is 142 cm³/mol. The van der Waals surface area contributed by atoms with Gasteiger partial charge in [0, 0.05) is 17.4 Å². The number of ether oxygens (including phenoxy) is 1. The Hall–Kier alpha value is -3.88. The molecule has 0 amide bonds. The van der Waals surface area contributed by atoms with E-state index in [0.717, 1.165) is 22.5 Å². The number of hydrogen-bond donors (Lipinski definition) is 2. The van der Waals surface area contributed by atoms with Crippen molar-refractivity contribution in [3.05, 3.63) is 101 Å². The predicted octanol–water partition coefficient (Wildman–Crippen LogP) is 6.19. The van der Waals surface area contributed by atoms with Crippen LogP contribution in [-0.4, -0.2) is 28.3 Å². The Morgan fingerprint density at radius 2 is 2.00 bits per heavy atom. The van der Waals surface area contributed by atoms with Crippen LogP contribution in [0.5, 0.6) is 5.75 Å². The van der Waals surface area contributed by atoms with Crippen LogP contribution in [0, 0.1) is 6.92 Å². The van der Waals surface area contributed by atoms with Gasteiger partial charge in [-0.25, -0.2) is 4.79 Å². The lowest BCUT2D eigenvalue weighted by Gasteiger charge is -2.26. The summed E-state index contributed by atoms with van der Waals surface area (Å²) in [5.74, 6) is 0.894. The Kier molecular flexibility index (Phi) is 6.38. The molecule has 0 radical (unpaired) electrons. The van der Waals surface area contributed by atoms with Crippen LogP contribution < -0.4 is 15.0 Å². The van der Waals surface area contributed by atoms with Crippen LogP contribution in [0.2, 0.25) is 5.02 Å². The molecule has 0 saturated carbocycles. The number of aryl methyl sites for hydroxylation is 1. The van der Waals surface area contributed by atoms with E-state index in [1.807, 2.05) is 48.2 Å². The number of methoxy groups -OCH3 is 1. The summed E-state index contributed by atoms with van der Waals surface area (Å²) in [5, 5.41) is 13.7. The van der Waals surface area contributed by atoms with Crippen LogP contribution in [0.3, 0.4) is 0 Å². The van der Waals surface area contributed by atoms with E-state index in [2.05, 4.69) is 10.3 Å². The number of anilines is 1. The van der Waals surface area contributed by atoms with Crippen molar-refractivity contribution in [1.82, 2.24) is 10.3 Å². The van der Waals surface area contributed by atoms with Gasteiger partial charge in [0.1, 0.15) is 23.3 Å². The number of hydrogen-bond acceptors (Lipinski definition) is 5. The van der Waals surface area contributed by atoms with E-state index in [1.165, 1.54) is 0 Å². The van der Waals surface area contributed by atoms with Gasteiger partial charge in [0.05, 0.1) is 29.4 Å². The number of halogens is 1. The number of pyridine rings is 1. The highest BCUT2D eigenvalue weighted by atomic mass is 35.5. The number of aromatic carboxylic acids is 1. The third-order valence-corrected chi connectivity index (χ3v) is 6.78. The lowest BCUT2D eigenvalue weighted by molar-refractivity contribution is 0.0696. The van der Waals surface area contributed by atoms with Gasteiger partial charge in [0.15, 0.2) is 5.11 Å². The molecule has 0 aliphatic carbocycles. The number of benzene rings is 2. The third kappa shape index (κ3) is 4.29. The van der Waals surface area contributed by atoms with E-state index >= 15 is 0 Å². The minimum absolute atomic E-state index is 0.228. The number of furan rings is 1. The summed E-state index contributed by atoms with van der Waals surface area (Å²) in [5.41, 5.74) is 3.43. The summed E-state index contributed by atoms with van der Waals surface area (Å²) in [6, 6.07) is 19.3. The fourth-order valence-corrected chi connectivity index (χ4v) is 5.05. The monoisotopic (exact) mass is 519 g/mol. The normalized spacial score (nSPS) is 17.2. The summed E-state index contributed by atoms with van der Waals surface area (Å²) in [6.07, 6.45) is 1.74. The summed E-state index contributed by atoms with van der Waals surface area (Å²) in [7, 11) is 1.57. The first kappa shape index (κ1) is 23.8. The Bertz CT molecular complexity index is 1460. The maximum atomic E-state index is 11.3. The average molecular weight is 520 g/mol. The van der Waals surface area contributed by atoms with E-state index in [4.69, 9.17) is 33.0 Å². The van der Waals surface area contributed by atoms with E-state index in [1.54, 1.807) is 43.6 Å². The van der Waals surface area contributed by atoms with Crippen molar-refractivity contribution in [3.8, 4) is 17.1 Å². The highest BCUT2D eigenvalue weighted by Gasteiger charge is 2.42. The first-order valence-corrected chi connectivity index (χ1v) is 11.9. The summed E-state index contributed by atoms with van der Waals surface area (Å²) < 4.78 is 11.7. The number of carboxylic acids is 1. The molecular formula is C27H22ClN3O4S. The summed E-state index contributed by atoms with van der Waals surface area (Å²) in [4.78, 5) is 17.9. The number of rotatable bonds is 6. The quantitative estimate of drug-likeness (QED) is 0.292. The summed E-state index contributed by atoms with van der Waals surface area (Å²) in [6.45, 7) is 1.86. The van der Waals surface area contributed by atoms with Crippen molar-refractivity contribution >= 4 is 40.6 Å². The van der Waals surface area contributed by atoms with Crippen LogP contribution in [0.1, 0.15) is 39.5 Å². The maximum absolute atomic E-state index is 11.3. The molecule has 3 heterocycles. The third-order valence-electron chi connectivity index (χ3n) is 6.17. The molecule has 2 aromatic heterocycles. The molecule has 4 aromatic rings. The lowest BCUT2D eigenvalue weighted by atomic mass is 10.0. The van der Waals surface area contributed by atoms with Gasteiger partial charge in [-0.15, -0.1) is 0 Å². The molecule has 2 N–H and O–H groups in total. The first-order valence-electron chi connectivity index (χ1n) is 11.2. The average Bonchev–Trinajstić information content (AvgIpc) is 3.49. The topological polar surface area (TPSA) is 87.8 Å². The second-order valence-electron chi connectivity index (χ2n) is 8.35. The number of carbonyl (C=O) groups is 1. The zero-order valence-electron chi connectivity index (χ0n) is 19.4. The van der Waals surface area contributed by atoms with Gasteiger partial charge in [-0.3, -0.25) is 4.98 Å². The molecule has 36 heavy (non-hydrogen) atoms. The standard InChI is InChI=1S/C27H22ClN3O4S/c1-15-13-16(26(32)33)6-8-18(15)21-10-11-23(35-21)25-24(20-5-3-4-12-29-20)30-27(36)31(25)17-7-9-22(34-2)19(28)14-17/h3-14,24-25H,1-2H3,(H,30,36)(H,32,33)/t24-,25+/m1/s1. The molecule has 1 aliphatic heterocycles. The molecule has 182 valence electrons. The van der Waals surface area contributed by atoms with Crippen LogP contribution >= 0.6 is 23.8 Å². The molecule has 2 aromatic carbocycles. The molecule has 2 atom stereocenters. The zero-order valence-corrected chi connectivity index (χ0v) is 21.0. The highest BCUT2D eigenvalue weighted by molar-refractivity contribution is 7.80. The van der Waals surface area contributed by atoms with Gasteiger partial charge in [-0.2, -0.15) is 0 Å². The zero-order chi connectivity index (χ0) is 25.4. The van der Waals surface area contributed by atoms with E-state index in [9.17, 15) is 9.90 Å². The fraction of sp³-hybridized carbons (Fsp3) is 0.148. The molecule has 0 unspecified atom stereocenters. The molecule has 1 fully saturated rings. The Morgan fingerprint density at radius 3 is 2.67 bits per heavy atom. The van der Waals surface area contributed by atoms with Crippen molar-refractivity contribution in [3.63, 3.8) is 0 Å². The van der Waals surface area contributed by atoms with E-state index < -0.39 is 5.97 Å². The van der Waals surface area contributed by atoms with E-state index in [-0.39, 0.29) is 17.6 Å². The van der Waals surface area contributed by atoms with Crippen molar-refractivity contribution in [2.75, 3.05) is 12.0 Å². The maximum Gasteiger partial charge on any atom is 0.335 e.